The number of esters is 1. The minimum atomic E-state index is -0.737. The Kier molecular flexibility index (Phi) is 7.63. The monoisotopic (exact) mass is 492 g/mol. The predicted molar refractivity (Wildman–Crippen MR) is 124 cm³/mol. The number of allylic oxidation sites excluding steroid dienone is 1. The average molecular weight is 493 g/mol. The van der Waals surface area contributed by atoms with Gasteiger partial charge in [0.2, 0.25) is 5.91 Å². The third kappa shape index (κ3) is 5.82. The number of phenols is 2. The maximum absolute atomic E-state index is 12.9. The third-order valence-corrected chi connectivity index (χ3v) is 6.56. The van der Waals surface area contributed by atoms with E-state index in [0.717, 1.165) is 19.0 Å². The Morgan fingerprint density at radius 2 is 2.09 bits per heavy atom. The molecule has 0 spiro atoms. The van der Waals surface area contributed by atoms with Gasteiger partial charge in [0.25, 0.3) is 0 Å². The molecule has 0 saturated carbocycles. The van der Waals surface area contributed by atoms with Gasteiger partial charge in [0.05, 0.1) is 23.4 Å². The molecule has 10 heteroatoms. The van der Waals surface area contributed by atoms with Gasteiger partial charge in [-0.05, 0) is 31.7 Å². The quantitative estimate of drug-likeness (QED) is 0.217. The van der Waals surface area contributed by atoms with Crippen LogP contribution < -0.4 is 0 Å². The highest BCUT2D eigenvalue weighted by Crippen LogP contribution is 2.38. The molecule has 1 aromatic rings. The number of epoxide rings is 1. The number of phenolic OH excluding ortho intramolecular Hbond substituents is 2. The van der Waals surface area contributed by atoms with Gasteiger partial charge in [0, 0.05) is 31.9 Å². The molecule has 0 aromatic heterocycles. The summed E-state index contributed by atoms with van der Waals surface area (Å²) in [6, 6.07) is 1.03. The number of cyclic esters (lactones) is 1. The lowest BCUT2D eigenvalue weighted by Gasteiger charge is -2.18. The largest absolute Gasteiger partial charge is 0.507 e. The SMILES string of the molecule is C[C@@H]1CC2OC2/C=C\CC/C(=N\OCCN2CCCC2=O)Cc2c(Cl)c(O)cc(O)c2C(=O)O1. The molecule has 2 N–H and O–H groups in total. The van der Waals surface area contributed by atoms with Crippen LogP contribution in [0.25, 0.3) is 0 Å². The van der Waals surface area contributed by atoms with Crippen molar-refractivity contribution in [1.82, 2.24) is 4.90 Å². The number of oxime groups is 1. The van der Waals surface area contributed by atoms with E-state index in [0.29, 0.717) is 37.9 Å². The van der Waals surface area contributed by atoms with Crippen LogP contribution in [0.5, 0.6) is 11.5 Å². The number of carbonyl (C=O) groups excluding carboxylic acids is 2. The van der Waals surface area contributed by atoms with Crippen molar-refractivity contribution in [3.63, 3.8) is 0 Å². The fourth-order valence-corrected chi connectivity index (χ4v) is 4.51. The fraction of sp³-hybridized carbons (Fsp3) is 0.542. The summed E-state index contributed by atoms with van der Waals surface area (Å²) < 4.78 is 11.2. The van der Waals surface area contributed by atoms with Gasteiger partial charge in [-0.15, -0.1) is 0 Å². The molecule has 3 aliphatic rings. The Hall–Kier alpha value is -2.78. The van der Waals surface area contributed by atoms with E-state index in [1.54, 1.807) is 11.8 Å². The zero-order chi connectivity index (χ0) is 24.2. The molecule has 1 amide bonds. The lowest BCUT2D eigenvalue weighted by Crippen LogP contribution is -2.28. The smallest absolute Gasteiger partial charge is 0.342 e. The lowest BCUT2D eigenvalue weighted by atomic mass is 9.97. The van der Waals surface area contributed by atoms with Crippen LogP contribution in [0.15, 0.2) is 23.4 Å². The summed E-state index contributed by atoms with van der Waals surface area (Å²) in [5.74, 6) is -1.39. The second kappa shape index (κ2) is 10.7. The summed E-state index contributed by atoms with van der Waals surface area (Å²) in [5.41, 5.74) is 0.678. The summed E-state index contributed by atoms with van der Waals surface area (Å²) >= 11 is 6.35. The molecule has 34 heavy (non-hydrogen) atoms. The Morgan fingerprint density at radius 3 is 2.85 bits per heavy atom. The van der Waals surface area contributed by atoms with E-state index in [4.69, 9.17) is 25.9 Å². The zero-order valence-corrected chi connectivity index (χ0v) is 19.8. The van der Waals surface area contributed by atoms with Gasteiger partial charge in [0.1, 0.15) is 35.9 Å². The van der Waals surface area contributed by atoms with Gasteiger partial charge in [-0.25, -0.2) is 4.79 Å². The molecule has 184 valence electrons. The van der Waals surface area contributed by atoms with Gasteiger partial charge in [0.15, 0.2) is 0 Å². The second-order valence-electron chi connectivity index (χ2n) is 8.79. The maximum atomic E-state index is 12.9. The molecule has 2 saturated heterocycles. The van der Waals surface area contributed by atoms with Gasteiger partial charge >= 0.3 is 5.97 Å². The Bertz CT molecular complexity index is 1010. The highest BCUT2D eigenvalue weighted by molar-refractivity contribution is 6.33. The number of likely N-dealkylation sites (tertiary alicyclic amines) is 1. The minimum absolute atomic E-state index is 0.00851. The van der Waals surface area contributed by atoms with E-state index in [2.05, 4.69) is 5.16 Å². The number of fused-ring (bicyclic) bond motifs is 2. The predicted octanol–water partition coefficient (Wildman–Crippen LogP) is 3.34. The molecular weight excluding hydrogens is 464 g/mol. The summed E-state index contributed by atoms with van der Waals surface area (Å²) in [7, 11) is 0. The third-order valence-electron chi connectivity index (χ3n) is 6.14. The number of ether oxygens (including phenoxy) is 2. The molecule has 1 aromatic carbocycles. The van der Waals surface area contributed by atoms with Crippen LogP contribution >= 0.6 is 11.6 Å². The molecule has 2 fully saturated rings. The average Bonchev–Trinajstić information content (AvgIpc) is 3.38. The maximum Gasteiger partial charge on any atom is 0.342 e. The first-order valence-corrected chi connectivity index (χ1v) is 11.9. The number of benzene rings is 1. The van der Waals surface area contributed by atoms with Crippen LogP contribution in [0.3, 0.4) is 0 Å². The van der Waals surface area contributed by atoms with Crippen LogP contribution in [0.4, 0.5) is 0 Å². The zero-order valence-electron chi connectivity index (χ0n) is 19.0. The van der Waals surface area contributed by atoms with Crippen molar-refractivity contribution in [3.05, 3.63) is 34.4 Å². The van der Waals surface area contributed by atoms with Crippen molar-refractivity contribution in [3.8, 4) is 11.5 Å². The molecule has 9 nitrogen and oxygen atoms in total. The standard InChI is InChI=1S/C24H29ClN2O7/c1-14-11-20-19(34-20)6-3-2-5-15(26-32-10-9-27-8-4-7-21(27)30)12-16-22(24(31)33-14)17(28)13-18(29)23(16)25/h3,6,13-14,19-20,28-29H,2,4-5,7-12H2,1H3/b6-3-,26-15+/t14-,19?,20?/m1/s1. The number of rotatable bonds is 4. The van der Waals surface area contributed by atoms with E-state index in [-0.39, 0.29) is 53.0 Å². The van der Waals surface area contributed by atoms with Crippen molar-refractivity contribution in [2.75, 3.05) is 19.7 Å². The Labute approximate surface area is 202 Å². The molecular formula is C24H29ClN2O7. The number of carbonyl (C=O) groups is 2. The second-order valence-corrected chi connectivity index (χ2v) is 9.17. The van der Waals surface area contributed by atoms with E-state index in [1.165, 1.54) is 0 Å². The van der Waals surface area contributed by atoms with Gasteiger partial charge in [-0.2, -0.15) is 0 Å². The number of hydrogen-bond acceptors (Lipinski definition) is 8. The minimum Gasteiger partial charge on any atom is -0.507 e. The van der Waals surface area contributed by atoms with Crippen LogP contribution in [0, 0.1) is 0 Å². The van der Waals surface area contributed by atoms with E-state index in [9.17, 15) is 19.8 Å². The summed E-state index contributed by atoms with van der Waals surface area (Å²) in [6.45, 7) is 3.15. The van der Waals surface area contributed by atoms with Crippen molar-refractivity contribution < 1.29 is 34.1 Å². The van der Waals surface area contributed by atoms with E-state index >= 15 is 0 Å². The van der Waals surface area contributed by atoms with Crippen molar-refractivity contribution >= 4 is 29.2 Å². The first-order valence-electron chi connectivity index (χ1n) is 11.6. The molecule has 2 unspecified atom stereocenters. The normalized spacial score (nSPS) is 27.5. The van der Waals surface area contributed by atoms with Gasteiger partial charge in [-0.3, -0.25) is 4.79 Å². The van der Waals surface area contributed by atoms with Gasteiger partial charge < -0.3 is 29.4 Å². The van der Waals surface area contributed by atoms with Crippen LogP contribution in [0.2, 0.25) is 5.02 Å². The topological polar surface area (TPSA) is 121 Å². The summed E-state index contributed by atoms with van der Waals surface area (Å²) in [4.78, 5) is 32.0. The highest BCUT2D eigenvalue weighted by Gasteiger charge is 2.38. The number of amides is 1. The number of nitrogens with zero attached hydrogens (tertiary/aromatic N) is 2. The van der Waals surface area contributed by atoms with Crippen LogP contribution in [-0.2, 0) is 25.5 Å². The van der Waals surface area contributed by atoms with Crippen molar-refractivity contribution in [2.45, 2.75) is 63.8 Å². The van der Waals surface area contributed by atoms with Crippen molar-refractivity contribution in [1.29, 1.82) is 0 Å². The molecule has 3 aliphatic heterocycles. The molecule has 4 rings (SSSR count). The van der Waals surface area contributed by atoms with Gasteiger partial charge in [-0.1, -0.05) is 28.9 Å². The summed E-state index contributed by atoms with van der Waals surface area (Å²) in [6.07, 6.45) is 6.67. The molecule has 0 radical (unpaired) electrons. The van der Waals surface area contributed by atoms with Crippen LogP contribution in [0.1, 0.15) is 54.9 Å². The van der Waals surface area contributed by atoms with Crippen molar-refractivity contribution in [2.24, 2.45) is 5.16 Å². The number of aromatic hydroxyl groups is 2. The number of halogens is 1. The molecule has 0 bridgehead atoms. The van der Waals surface area contributed by atoms with E-state index in [1.807, 2.05) is 12.2 Å². The summed E-state index contributed by atoms with van der Waals surface area (Å²) in [5, 5.41) is 24.8. The fourth-order valence-electron chi connectivity index (χ4n) is 4.29. The molecule has 3 atom stereocenters. The number of hydrogen-bond donors (Lipinski definition) is 2. The Morgan fingerprint density at radius 1 is 1.26 bits per heavy atom. The first-order chi connectivity index (χ1) is 16.3. The van der Waals surface area contributed by atoms with Crippen LogP contribution in [-0.4, -0.2) is 70.7 Å². The Balaban J connectivity index is 1.57. The molecule has 3 heterocycles. The lowest BCUT2D eigenvalue weighted by molar-refractivity contribution is -0.128. The highest BCUT2D eigenvalue weighted by atomic mass is 35.5. The molecule has 0 aliphatic carbocycles. The first kappa shape index (κ1) is 24.3. The van der Waals surface area contributed by atoms with E-state index < -0.39 is 17.8 Å².